The third-order valence-corrected chi connectivity index (χ3v) is 4.11. The molecule has 1 heterocycles. The van der Waals surface area contributed by atoms with Gasteiger partial charge in [-0.3, -0.25) is 4.98 Å². The molecule has 0 radical (unpaired) electrons. The van der Waals surface area contributed by atoms with Crippen LogP contribution >= 0.6 is 12.1 Å². The number of aromatic nitrogens is 1. The van der Waals surface area contributed by atoms with Gasteiger partial charge in [0.15, 0.2) is 0 Å². The van der Waals surface area contributed by atoms with Crippen molar-refractivity contribution in [3.8, 4) is 11.8 Å². The summed E-state index contributed by atoms with van der Waals surface area (Å²) in [4.78, 5) is 4.31. The second-order valence-corrected chi connectivity index (χ2v) is 6.01. The monoisotopic (exact) mass is 360 g/mol. The molecule has 2 rings (SSSR count). The summed E-state index contributed by atoms with van der Waals surface area (Å²) in [6.07, 6.45) is 1.70. The molecule has 0 aliphatic rings. The Hall–Kier alpha value is -2.07. The molecule has 6 heteroatoms. The highest BCUT2D eigenvalue weighted by molar-refractivity contribution is 7.94. The van der Waals surface area contributed by atoms with Crippen molar-refractivity contribution in [2.45, 2.75) is 6.61 Å². The van der Waals surface area contributed by atoms with Gasteiger partial charge >= 0.3 is 0 Å². The molecule has 2 aromatic rings. The number of nitrogens with zero attached hydrogens (tertiary/aromatic N) is 1. The molecular formula is C19H21FN2O2S. The minimum absolute atomic E-state index is 0.0891. The van der Waals surface area contributed by atoms with Crippen LogP contribution in [0.3, 0.4) is 0 Å². The Morgan fingerprint density at radius 3 is 2.52 bits per heavy atom. The molecule has 0 aliphatic carbocycles. The number of hydrogen-bond donors (Lipinski definition) is 2. The van der Waals surface area contributed by atoms with Gasteiger partial charge in [0.1, 0.15) is 0 Å². The highest BCUT2D eigenvalue weighted by Gasteiger charge is 2.08. The molecule has 0 bridgehead atoms. The maximum atomic E-state index is 12.2. The quantitative estimate of drug-likeness (QED) is 0.708. The fourth-order valence-corrected chi connectivity index (χ4v) is 2.40. The molecule has 0 spiro atoms. The van der Waals surface area contributed by atoms with Crippen molar-refractivity contribution < 1.29 is 13.7 Å². The predicted molar refractivity (Wildman–Crippen MR) is 100 cm³/mol. The highest BCUT2D eigenvalue weighted by atomic mass is 32.2. The number of halogens is 1. The lowest BCUT2D eigenvalue weighted by atomic mass is 10.2. The molecule has 1 unspecified atom stereocenters. The standard InChI is InChI=1S/C19H21FN2O2S/c1-21-18-7-4-15(5-8-18)2-3-16-6-9-19(22-10-16)13-24-12-17(11-23)14-25-20/h4-10,17,21,23H,11-14H2,1H3. The summed E-state index contributed by atoms with van der Waals surface area (Å²) in [5.41, 5.74) is 3.58. The van der Waals surface area contributed by atoms with E-state index in [2.05, 4.69) is 22.1 Å². The molecule has 4 nitrogen and oxygen atoms in total. The molecule has 25 heavy (non-hydrogen) atoms. The van der Waals surface area contributed by atoms with Gasteiger partial charge in [-0.25, -0.2) is 0 Å². The first-order valence-corrected chi connectivity index (χ1v) is 8.80. The third kappa shape index (κ3) is 6.75. The zero-order valence-electron chi connectivity index (χ0n) is 14.0. The Balaban J connectivity index is 1.86. The van der Waals surface area contributed by atoms with Crippen LogP contribution in [-0.2, 0) is 11.3 Å². The fourth-order valence-electron chi connectivity index (χ4n) is 2.02. The van der Waals surface area contributed by atoms with Gasteiger partial charge in [0.2, 0.25) is 0 Å². The lowest BCUT2D eigenvalue weighted by molar-refractivity contribution is 0.0694. The molecule has 0 fully saturated rings. The molecule has 0 amide bonds. The zero-order chi connectivity index (χ0) is 17.9. The van der Waals surface area contributed by atoms with Crippen molar-refractivity contribution in [3.63, 3.8) is 0 Å². The fraction of sp³-hybridized carbons (Fsp3) is 0.316. The van der Waals surface area contributed by atoms with Gasteiger partial charge in [0.25, 0.3) is 0 Å². The number of ether oxygens (including phenoxy) is 1. The summed E-state index contributed by atoms with van der Waals surface area (Å²) < 4.78 is 17.7. The van der Waals surface area contributed by atoms with Crippen LogP contribution in [0.5, 0.6) is 0 Å². The Kier molecular flexibility index (Phi) is 8.26. The van der Waals surface area contributed by atoms with Gasteiger partial charge in [0, 0.05) is 60.5 Å². The smallest absolute Gasteiger partial charge is 0.0888 e. The summed E-state index contributed by atoms with van der Waals surface area (Å²) in [6.45, 7) is 0.542. The van der Waals surface area contributed by atoms with E-state index in [1.807, 2.05) is 43.4 Å². The molecule has 0 saturated heterocycles. The summed E-state index contributed by atoms with van der Waals surface area (Å²) >= 11 is 0.214. The number of benzene rings is 1. The average Bonchev–Trinajstić information content (AvgIpc) is 2.67. The largest absolute Gasteiger partial charge is 0.396 e. The Morgan fingerprint density at radius 2 is 1.92 bits per heavy atom. The van der Waals surface area contributed by atoms with Crippen molar-refractivity contribution >= 4 is 17.8 Å². The van der Waals surface area contributed by atoms with E-state index in [0.29, 0.717) is 13.2 Å². The van der Waals surface area contributed by atoms with Gasteiger partial charge in [0.05, 0.1) is 18.9 Å². The van der Waals surface area contributed by atoms with Crippen molar-refractivity contribution in [2.24, 2.45) is 5.92 Å². The summed E-state index contributed by atoms with van der Waals surface area (Å²) in [7, 11) is 1.88. The van der Waals surface area contributed by atoms with Gasteiger partial charge in [-0.05, 0) is 36.4 Å². The minimum Gasteiger partial charge on any atom is -0.396 e. The van der Waals surface area contributed by atoms with E-state index >= 15 is 0 Å². The molecule has 2 N–H and O–H groups in total. The highest BCUT2D eigenvalue weighted by Crippen LogP contribution is 2.11. The van der Waals surface area contributed by atoms with Crippen LogP contribution in [0.2, 0.25) is 0 Å². The van der Waals surface area contributed by atoms with E-state index in [1.165, 1.54) is 0 Å². The second-order valence-electron chi connectivity index (χ2n) is 5.46. The summed E-state index contributed by atoms with van der Waals surface area (Å²) in [6, 6.07) is 11.6. The number of anilines is 1. The zero-order valence-corrected chi connectivity index (χ0v) is 14.9. The minimum atomic E-state index is -0.200. The van der Waals surface area contributed by atoms with Crippen LogP contribution in [-0.4, -0.2) is 36.1 Å². The Labute approximate surface area is 152 Å². The number of aliphatic hydroxyl groups excluding tert-OH is 1. The van der Waals surface area contributed by atoms with Gasteiger partial charge in [-0.2, -0.15) is 3.89 Å². The number of nitrogens with one attached hydrogen (secondary N) is 1. The topological polar surface area (TPSA) is 54.4 Å². The van der Waals surface area contributed by atoms with Crippen LogP contribution in [0, 0.1) is 17.8 Å². The first kappa shape index (κ1) is 19.3. The molecule has 0 aliphatic heterocycles. The molecule has 0 saturated carbocycles. The number of aliphatic hydroxyl groups is 1. The van der Waals surface area contributed by atoms with Crippen LogP contribution in [0.25, 0.3) is 0 Å². The van der Waals surface area contributed by atoms with Gasteiger partial charge in [-0.1, -0.05) is 11.8 Å². The van der Waals surface area contributed by atoms with Crippen molar-refractivity contribution in [3.05, 3.63) is 59.4 Å². The molecular weight excluding hydrogens is 339 g/mol. The summed E-state index contributed by atoms with van der Waals surface area (Å²) in [5.74, 6) is 6.20. The van der Waals surface area contributed by atoms with E-state index in [9.17, 15) is 3.89 Å². The molecule has 1 aromatic heterocycles. The Morgan fingerprint density at radius 1 is 1.20 bits per heavy atom. The first-order chi connectivity index (χ1) is 12.2. The van der Waals surface area contributed by atoms with Crippen molar-refractivity contribution in [2.75, 3.05) is 31.3 Å². The number of rotatable bonds is 8. The molecule has 1 aromatic carbocycles. The number of pyridine rings is 1. The maximum Gasteiger partial charge on any atom is 0.0888 e. The van der Waals surface area contributed by atoms with Crippen LogP contribution < -0.4 is 5.32 Å². The van der Waals surface area contributed by atoms with E-state index in [0.717, 1.165) is 22.5 Å². The van der Waals surface area contributed by atoms with Crippen LogP contribution in [0.1, 0.15) is 16.8 Å². The number of hydrogen-bond acceptors (Lipinski definition) is 5. The lowest BCUT2D eigenvalue weighted by Crippen LogP contribution is -2.16. The van der Waals surface area contributed by atoms with Crippen LogP contribution in [0.4, 0.5) is 9.57 Å². The Bertz CT molecular complexity index is 696. The van der Waals surface area contributed by atoms with E-state index in [4.69, 9.17) is 9.84 Å². The van der Waals surface area contributed by atoms with Gasteiger partial charge in [-0.15, -0.1) is 0 Å². The average molecular weight is 360 g/mol. The van der Waals surface area contributed by atoms with Crippen LogP contribution in [0.15, 0.2) is 42.6 Å². The third-order valence-electron chi connectivity index (χ3n) is 3.51. The van der Waals surface area contributed by atoms with Crippen molar-refractivity contribution in [1.82, 2.24) is 4.98 Å². The van der Waals surface area contributed by atoms with E-state index in [-0.39, 0.29) is 30.4 Å². The lowest BCUT2D eigenvalue weighted by Gasteiger charge is -2.11. The normalized spacial score (nSPS) is 11.5. The molecule has 132 valence electrons. The SMILES string of the molecule is CNc1ccc(C#Cc2ccc(COCC(CO)CSF)nc2)cc1. The van der Waals surface area contributed by atoms with Crippen molar-refractivity contribution in [1.29, 1.82) is 0 Å². The predicted octanol–water partition coefficient (Wildman–Crippen LogP) is 3.27. The molecule has 1 atom stereocenters. The van der Waals surface area contributed by atoms with E-state index < -0.39 is 0 Å². The second kappa shape index (κ2) is 10.7. The summed E-state index contributed by atoms with van der Waals surface area (Å²) in [5, 5.41) is 12.1. The maximum absolute atomic E-state index is 12.2. The van der Waals surface area contributed by atoms with E-state index in [1.54, 1.807) is 6.20 Å². The first-order valence-electron chi connectivity index (χ1n) is 7.92. The van der Waals surface area contributed by atoms with Gasteiger partial charge < -0.3 is 15.2 Å².